The highest BCUT2D eigenvalue weighted by molar-refractivity contribution is 7.67. The lowest BCUT2D eigenvalue weighted by atomic mass is 10.0. The highest BCUT2D eigenvalue weighted by Gasteiger charge is 2.31. The molecule has 3 nitrogen and oxygen atoms in total. The average molecular weight is 512 g/mol. The molecule has 0 saturated carbocycles. The number of hydrogen-bond donors (Lipinski definition) is 0. The van der Waals surface area contributed by atoms with Crippen LogP contribution in [-0.2, 0) is 6.18 Å². The minimum Gasteiger partial charge on any atom is -0.439 e. The molecule has 1 unspecified atom stereocenters. The Labute approximate surface area is 212 Å². The van der Waals surface area contributed by atoms with Crippen LogP contribution in [0.25, 0.3) is 37.6 Å². The first-order valence-corrected chi connectivity index (χ1v) is 13.0. The fraction of sp³-hybridized carbons (Fsp3) is 0.0667. The minimum absolute atomic E-state index is 0.106. The molecule has 7 heteroatoms. The van der Waals surface area contributed by atoms with Gasteiger partial charge >= 0.3 is 6.18 Å². The Morgan fingerprint density at radius 1 is 0.703 bits per heavy atom. The van der Waals surface area contributed by atoms with E-state index in [2.05, 4.69) is 60.4 Å². The number of hydrogen-bond acceptors (Lipinski definition) is 3. The van der Waals surface area contributed by atoms with Crippen LogP contribution in [0.3, 0.4) is 0 Å². The van der Waals surface area contributed by atoms with Gasteiger partial charge in [0.2, 0.25) is 5.88 Å². The van der Waals surface area contributed by atoms with E-state index in [1.54, 1.807) is 6.07 Å². The Morgan fingerprint density at radius 3 is 2.32 bits per heavy atom. The second kappa shape index (κ2) is 9.06. The maximum absolute atomic E-state index is 13.1. The molecule has 3 heterocycles. The Morgan fingerprint density at radius 2 is 1.49 bits per heavy atom. The Balaban J connectivity index is 1.44. The van der Waals surface area contributed by atoms with Crippen LogP contribution in [0.5, 0.6) is 11.6 Å². The van der Waals surface area contributed by atoms with Gasteiger partial charge < -0.3 is 4.74 Å². The summed E-state index contributed by atoms with van der Waals surface area (Å²) in [7, 11) is -0.816. The molecule has 0 bridgehead atoms. The van der Waals surface area contributed by atoms with E-state index in [1.807, 2.05) is 30.5 Å². The van der Waals surface area contributed by atoms with Crippen molar-refractivity contribution in [3.63, 3.8) is 0 Å². The van der Waals surface area contributed by atoms with E-state index < -0.39 is 19.3 Å². The van der Waals surface area contributed by atoms with E-state index in [4.69, 9.17) is 9.72 Å². The van der Waals surface area contributed by atoms with Gasteiger partial charge in [-0.05, 0) is 76.9 Å². The van der Waals surface area contributed by atoms with Crippen molar-refractivity contribution in [2.75, 3.05) is 0 Å². The summed E-state index contributed by atoms with van der Waals surface area (Å²) in [4.78, 5) is 8.67. The van der Waals surface area contributed by atoms with Gasteiger partial charge in [0, 0.05) is 28.7 Å². The lowest BCUT2D eigenvalue weighted by molar-refractivity contribution is -0.137. The first kappa shape index (κ1) is 23.3. The van der Waals surface area contributed by atoms with Crippen LogP contribution in [0, 0.1) is 6.92 Å². The van der Waals surface area contributed by atoms with Crippen molar-refractivity contribution in [3.05, 3.63) is 115 Å². The highest BCUT2D eigenvalue weighted by Crippen LogP contribution is 2.55. The molecule has 6 aromatic rings. The SMILES string of the molecule is Cc1ccnc(-p2c3ccccc3c3ccc(-c4cccc(Oc5cc(C(F)(F)F)ccn5)c4)cc32)c1. The van der Waals surface area contributed by atoms with Crippen molar-refractivity contribution in [1.82, 2.24) is 9.97 Å². The molecular formula is C30H20F3N2OP. The molecule has 0 radical (unpaired) electrons. The Bertz CT molecular complexity index is 1770. The number of ether oxygens (including phenoxy) is 1. The van der Waals surface area contributed by atoms with E-state index in [0.717, 1.165) is 34.9 Å². The molecule has 6 rings (SSSR count). The van der Waals surface area contributed by atoms with Gasteiger partial charge in [-0.25, -0.2) is 4.98 Å². The van der Waals surface area contributed by atoms with Gasteiger partial charge in [0.25, 0.3) is 0 Å². The molecule has 0 aliphatic heterocycles. The lowest BCUT2D eigenvalue weighted by Crippen LogP contribution is -2.05. The Kier molecular flexibility index (Phi) is 5.69. The second-order valence-corrected chi connectivity index (χ2v) is 10.9. The molecule has 0 amide bonds. The summed E-state index contributed by atoms with van der Waals surface area (Å²) in [6.45, 7) is 2.07. The van der Waals surface area contributed by atoms with Crippen molar-refractivity contribution in [3.8, 4) is 28.2 Å². The number of pyridine rings is 2. The zero-order valence-electron chi connectivity index (χ0n) is 19.7. The van der Waals surface area contributed by atoms with E-state index in [-0.39, 0.29) is 5.88 Å². The van der Waals surface area contributed by atoms with Crippen molar-refractivity contribution in [2.45, 2.75) is 13.1 Å². The van der Waals surface area contributed by atoms with Crippen molar-refractivity contribution < 1.29 is 17.9 Å². The summed E-state index contributed by atoms with van der Waals surface area (Å²) >= 11 is 0. The van der Waals surface area contributed by atoms with Gasteiger partial charge in [-0.15, -0.1) is 0 Å². The zero-order valence-corrected chi connectivity index (χ0v) is 20.6. The molecule has 0 N–H and O–H groups in total. The molecular weight excluding hydrogens is 492 g/mol. The topological polar surface area (TPSA) is 35.0 Å². The number of aryl methyl sites for hydroxylation is 1. The summed E-state index contributed by atoms with van der Waals surface area (Å²) in [5, 5.41) is 4.95. The van der Waals surface area contributed by atoms with Crippen LogP contribution in [0.4, 0.5) is 13.2 Å². The van der Waals surface area contributed by atoms with Crippen LogP contribution < -0.4 is 4.74 Å². The van der Waals surface area contributed by atoms with Crippen LogP contribution >= 0.6 is 7.53 Å². The monoisotopic (exact) mass is 512 g/mol. The minimum atomic E-state index is -4.46. The molecule has 1 atom stereocenters. The van der Waals surface area contributed by atoms with Crippen LogP contribution in [-0.4, -0.2) is 9.97 Å². The second-order valence-electron chi connectivity index (χ2n) is 8.79. The smallest absolute Gasteiger partial charge is 0.416 e. The molecule has 0 fully saturated rings. The number of aromatic nitrogens is 2. The van der Waals surface area contributed by atoms with E-state index in [0.29, 0.717) is 5.75 Å². The molecule has 0 spiro atoms. The van der Waals surface area contributed by atoms with Gasteiger partial charge in [0.05, 0.1) is 11.0 Å². The van der Waals surface area contributed by atoms with Crippen molar-refractivity contribution >= 4 is 28.5 Å². The fourth-order valence-corrected chi connectivity index (χ4v) is 7.18. The first-order chi connectivity index (χ1) is 17.9. The number of fused-ring (bicyclic) bond motifs is 3. The summed E-state index contributed by atoms with van der Waals surface area (Å²) < 4.78 is 45.0. The number of rotatable bonds is 4. The number of nitrogens with zero attached hydrogens (tertiary/aromatic N) is 2. The fourth-order valence-electron chi connectivity index (χ4n) is 4.54. The van der Waals surface area contributed by atoms with Crippen LogP contribution in [0.2, 0.25) is 0 Å². The first-order valence-electron chi connectivity index (χ1n) is 11.6. The molecule has 37 heavy (non-hydrogen) atoms. The van der Waals surface area contributed by atoms with Crippen molar-refractivity contribution in [1.29, 1.82) is 0 Å². The van der Waals surface area contributed by atoms with Gasteiger partial charge in [-0.1, -0.05) is 50.0 Å². The number of benzene rings is 3. The lowest BCUT2D eigenvalue weighted by Gasteiger charge is -2.10. The highest BCUT2D eigenvalue weighted by atomic mass is 31.1. The van der Waals surface area contributed by atoms with Gasteiger partial charge in [0.1, 0.15) is 5.75 Å². The summed E-state index contributed by atoms with van der Waals surface area (Å²) in [6, 6.07) is 28.2. The predicted octanol–water partition coefficient (Wildman–Crippen LogP) is 9.55. The molecule has 0 aliphatic carbocycles. The molecule has 3 aromatic carbocycles. The number of alkyl halides is 3. The zero-order chi connectivity index (χ0) is 25.6. The van der Waals surface area contributed by atoms with Crippen molar-refractivity contribution in [2.24, 2.45) is 0 Å². The van der Waals surface area contributed by atoms with E-state index in [9.17, 15) is 13.2 Å². The average Bonchev–Trinajstić information content (AvgIpc) is 3.22. The van der Waals surface area contributed by atoms with Gasteiger partial charge in [-0.2, -0.15) is 13.2 Å². The normalized spacial score (nSPS) is 12.3. The predicted molar refractivity (Wildman–Crippen MR) is 143 cm³/mol. The van der Waals surface area contributed by atoms with Crippen LogP contribution in [0.1, 0.15) is 11.1 Å². The quantitative estimate of drug-likeness (QED) is 0.236. The maximum atomic E-state index is 13.1. The third-order valence-electron chi connectivity index (χ3n) is 6.26. The third-order valence-corrected chi connectivity index (χ3v) is 8.68. The summed E-state index contributed by atoms with van der Waals surface area (Å²) in [5.74, 6) is 0.307. The molecule has 182 valence electrons. The van der Waals surface area contributed by atoms with E-state index >= 15 is 0 Å². The summed E-state index contributed by atoms with van der Waals surface area (Å²) in [5.41, 5.74) is 3.32. The molecule has 0 saturated heterocycles. The Hall–Kier alpha value is -4.15. The molecule has 3 aromatic heterocycles. The van der Waals surface area contributed by atoms with Gasteiger partial charge in [-0.3, -0.25) is 4.98 Å². The number of halogens is 3. The van der Waals surface area contributed by atoms with Crippen LogP contribution in [0.15, 0.2) is 103 Å². The van der Waals surface area contributed by atoms with E-state index in [1.165, 1.54) is 26.6 Å². The van der Waals surface area contributed by atoms with Gasteiger partial charge in [0.15, 0.2) is 0 Å². The summed E-state index contributed by atoms with van der Waals surface area (Å²) in [6.07, 6.45) is -1.50. The largest absolute Gasteiger partial charge is 0.439 e. The molecule has 0 aliphatic rings. The third kappa shape index (κ3) is 4.45. The standard InChI is InChI=1S/C30H20F3N2OP/c1-19-11-13-35-29(15-19)37-26-8-3-2-7-24(26)25-10-9-21(17-27(25)37)20-5-4-6-23(16-20)36-28-18-22(12-14-34-28)30(31,32)33/h2-18H,1H3. The maximum Gasteiger partial charge on any atom is 0.416 e.